The molecule has 1 fully saturated rings. The zero-order valence-electron chi connectivity index (χ0n) is 14.1. The molecule has 0 aliphatic carbocycles. The van der Waals surface area contributed by atoms with Crippen LogP contribution in [0.1, 0.15) is 37.2 Å². The van der Waals surface area contributed by atoms with Crippen LogP contribution in [0.4, 0.5) is 4.39 Å². The molecule has 2 N–H and O–H groups in total. The average molecular weight is 333 g/mol. The number of aromatic nitrogens is 2. The van der Waals surface area contributed by atoms with Crippen LogP contribution in [0.2, 0.25) is 0 Å². The van der Waals surface area contributed by atoms with E-state index < -0.39 is 0 Å². The van der Waals surface area contributed by atoms with E-state index in [4.69, 9.17) is 4.42 Å². The fraction of sp³-hybridized carbons (Fsp3) is 0.529. The molecule has 2 aromatic rings. The van der Waals surface area contributed by atoms with Gasteiger partial charge in [0.25, 0.3) is 0 Å². The third-order valence-corrected chi connectivity index (χ3v) is 4.43. The van der Waals surface area contributed by atoms with Gasteiger partial charge in [-0.05, 0) is 24.2 Å². The summed E-state index contributed by atoms with van der Waals surface area (Å²) in [5, 5.41) is 8.13. The standard InChI is InChI=1S/C17H24FN5O/c1-3-15-20-21-16(24-15)11-23(4-2)10-13-9-19-22-17(13)12-5-7-14(18)8-6-12/h5-8,13,17,19,22H,3-4,9-11H2,1-2H3. The summed E-state index contributed by atoms with van der Waals surface area (Å²) in [5.41, 5.74) is 7.61. The van der Waals surface area contributed by atoms with Gasteiger partial charge >= 0.3 is 0 Å². The summed E-state index contributed by atoms with van der Waals surface area (Å²) >= 11 is 0. The summed E-state index contributed by atoms with van der Waals surface area (Å²) in [7, 11) is 0. The van der Waals surface area contributed by atoms with Crippen LogP contribution in [0.5, 0.6) is 0 Å². The minimum Gasteiger partial charge on any atom is -0.424 e. The first-order chi connectivity index (χ1) is 11.7. The molecule has 3 rings (SSSR count). The highest BCUT2D eigenvalue weighted by molar-refractivity contribution is 5.21. The van der Waals surface area contributed by atoms with Crippen molar-refractivity contribution in [1.29, 1.82) is 0 Å². The van der Waals surface area contributed by atoms with E-state index in [-0.39, 0.29) is 11.9 Å². The first kappa shape index (κ1) is 17.0. The van der Waals surface area contributed by atoms with Crippen LogP contribution in [-0.2, 0) is 13.0 Å². The Labute approximate surface area is 141 Å². The Morgan fingerprint density at radius 1 is 1.21 bits per heavy atom. The Morgan fingerprint density at radius 2 is 1.96 bits per heavy atom. The second-order valence-electron chi connectivity index (χ2n) is 6.09. The van der Waals surface area contributed by atoms with Crippen LogP contribution in [0.25, 0.3) is 0 Å². The monoisotopic (exact) mass is 333 g/mol. The molecule has 0 bridgehead atoms. The second kappa shape index (κ2) is 7.83. The maximum Gasteiger partial charge on any atom is 0.230 e. The Bertz CT molecular complexity index is 645. The Hall–Kier alpha value is -1.83. The third-order valence-electron chi connectivity index (χ3n) is 4.43. The predicted octanol–water partition coefficient (Wildman–Crippen LogP) is 2.06. The molecule has 2 unspecified atom stereocenters. The number of halogens is 1. The number of aryl methyl sites for hydroxylation is 1. The van der Waals surface area contributed by atoms with E-state index in [9.17, 15) is 4.39 Å². The Balaban J connectivity index is 1.64. The lowest BCUT2D eigenvalue weighted by atomic mass is 9.94. The fourth-order valence-electron chi connectivity index (χ4n) is 3.05. The molecule has 1 saturated heterocycles. The molecule has 0 amide bonds. The quantitative estimate of drug-likeness (QED) is 0.808. The first-order valence-electron chi connectivity index (χ1n) is 8.47. The average Bonchev–Trinajstić information content (AvgIpc) is 3.24. The van der Waals surface area contributed by atoms with Gasteiger partial charge in [-0.2, -0.15) is 0 Å². The lowest BCUT2D eigenvalue weighted by Gasteiger charge is -2.26. The van der Waals surface area contributed by atoms with Crippen molar-refractivity contribution >= 4 is 0 Å². The lowest BCUT2D eigenvalue weighted by Crippen LogP contribution is -2.32. The topological polar surface area (TPSA) is 66.2 Å². The van der Waals surface area contributed by atoms with E-state index >= 15 is 0 Å². The third kappa shape index (κ3) is 3.98. The number of rotatable bonds is 7. The molecule has 0 saturated carbocycles. The van der Waals surface area contributed by atoms with E-state index in [1.165, 1.54) is 12.1 Å². The van der Waals surface area contributed by atoms with Gasteiger partial charge in [0.1, 0.15) is 5.82 Å². The molecule has 0 radical (unpaired) electrons. The predicted molar refractivity (Wildman–Crippen MR) is 88.4 cm³/mol. The number of hydrazine groups is 1. The molecule has 0 spiro atoms. The highest BCUT2D eigenvalue weighted by Crippen LogP contribution is 2.26. The van der Waals surface area contributed by atoms with Crippen molar-refractivity contribution in [2.45, 2.75) is 32.9 Å². The van der Waals surface area contributed by atoms with Crippen LogP contribution in [0, 0.1) is 11.7 Å². The summed E-state index contributed by atoms with van der Waals surface area (Å²) in [6.07, 6.45) is 0.752. The molecule has 1 aliphatic rings. The Morgan fingerprint density at radius 3 is 2.62 bits per heavy atom. The van der Waals surface area contributed by atoms with Crippen LogP contribution in [0.15, 0.2) is 28.7 Å². The van der Waals surface area contributed by atoms with Gasteiger partial charge in [-0.15, -0.1) is 10.2 Å². The summed E-state index contributed by atoms with van der Waals surface area (Å²) < 4.78 is 18.8. The van der Waals surface area contributed by atoms with Gasteiger partial charge in [-0.1, -0.05) is 26.0 Å². The number of hydrogen-bond acceptors (Lipinski definition) is 6. The molecule has 1 aromatic heterocycles. The molecule has 1 aromatic carbocycles. The minimum absolute atomic E-state index is 0.161. The van der Waals surface area contributed by atoms with E-state index in [1.54, 1.807) is 0 Å². The van der Waals surface area contributed by atoms with Gasteiger partial charge in [-0.3, -0.25) is 10.3 Å². The van der Waals surface area contributed by atoms with Gasteiger partial charge in [0.15, 0.2) is 0 Å². The van der Waals surface area contributed by atoms with E-state index in [2.05, 4.69) is 32.9 Å². The number of benzene rings is 1. The van der Waals surface area contributed by atoms with Crippen molar-refractivity contribution in [3.05, 3.63) is 47.4 Å². The van der Waals surface area contributed by atoms with Gasteiger partial charge in [-0.25, -0.2) is 9.82 Å². The molecule has 2 heterocycles. The van der Waals surface area contributed by atoms with E-state index in [0.29, 0.717) is 24.2 Å². The van der Waals surface area contributed by atoms with Gasteiger partial charge in [0.2, 0.25) is 11.8 Å². The smallest absolute Gasteiger partial charge is 0.230 e. The highest BCUT2D eigenvalue weighted by atomic mass is 19.1. The molecular weight excluding hydrogens is 309 g/mol. The van der Waals surface area contributed by atoms with Crippen molar-refractivity contribution < 1.29 is 8.81 Å². The largest absolute Gasteiger partial charge is 0.424 e. The summed E-state index contributed by atoms with van der Waals surface area (Å²) in [5.74, 6) is 1.50. The van der Waals surface area contributed by atoms with Crippen LogP contribution >= 0.6 is 0 Å². The van der Waals surface area contributed by atoms with Gasteiger partial charge < -0.3 is 4.42 Å². The maximum atomic E-state index is 13.1. The molecule has 2 atom stereocenters. The number of nitrogens with one attached hydrogen (secondary N) is 2. The Kier molecular flexibility index (Phi) is 5.55. The van der Waals surface area contributed by atoms with E-state index in [1.807, 2.05) is 19.1 Å². The normalized spacial score (nSPS) is 20.8. The highest BCUT2D eigenvalue weighted by Gasteiger charge is 2.29. The molecule has 130 valence electrons. The first-order valence-corrected chi connectivity index (χ1v) is 8.47. The summed E-state index contributed by atoms with van der Waals surface area (Å²) in [6.45, 7) is 7.43. The van der Waals surface area contributed by atoms with Crippen molar-refractivity contribution in [3.63, 3.8) is 0 Å². The van der Waals surface area contributed by atoms with Crippen LogP contribution in [-0.4, -0.2) is 34.7 Å². The zero-order chi connectivity index (χ0) is 16.9. The zero-order valence-corrected chi connectivity index (χ0v) is 14.1. The summed E-state index contributed by atoms with van der Waals surface area (Å²) in [4.78, 5) is 2.29. The van der Waals surface area contributed by atoms with Crippen molar-refractivity contribution in [2.75, 3.05) is 19.6 Å². The minimum atomic E-state index is -0.209. The SMILES string of the molecule is CCc1nnc(CN(CC)CC2CNNC2c2ccc(F)cc2)o1. The van der Waals surface area contributed by atoms with Crippen molar-refractivity contribution in [1.82, 2.24) is 25.9 Å². The number of hydrogen-bond donors (Lipinski definition) is 2. The lowest BCUT2D eigenvalue weighted by molar-refractivity contribution is 0.207. The maximum absolute atomic E-state index is 13.1. The van der Waals surface area contributed by atoms with Crippen LogP contribution < -0.4 is 10.9 Å². The molecular formula is C17H24FN5O. The summed E-state index contributed by atoms with van der Waals surface area (Å²) in [6, 6.07) is 6.86. The van der Waals surface area contributed by atoms with Crippen molar-refractivity contribution in [2.24, 2.45) is 5.92 Å². The van der Waals surface area contributed by atoms with Crippen molar-refractivity contribution in [3.8, 4) is 0 Å². The van der Waals surface area contributed by atoms with E-state index in [0.717, 1.165) is 31.6 Å². The number of nitrogens with zero attached hydrogens (tertiary/aromatic N) is 3. The molecule has 6 nitrogen and oxygen atoms in total. The van der Waals surface area contributed by atoms with Crippen LogP contribution in [0.3, 0.4) is 0 Å². The van der Waals surface area contributed by atoms with Gasteiger partial charge in [0, 0.05) is 25.4 Å². The fourth-order valence-corrected chi connectivity index (χ4v) is 3.05. The molecule has 24 heavy (non-hydrogen) atoms. The molecule has 7 heteroatoms. The second-order valence-corrected chi connectivity index (χ2v) is 6.09. The van der Waals surface area contributed by atoms with Gasteiger partial charge in [0.05, 0.1) is 12.6 Å². The molecule has 1 aliphatic heterocycles.